The number of carbonyl (C=O) groups excluding carboxylic acids is 2. The number of nitrogens with zero attached hydrogens (tertiary/aromatic N) is 1. The van der Waals surface area contributed by atoms with Crippen molar-refractivity contribution in [2.75, 3.05) is 32.2 Å². The Morgan fingerprint density at radius 3 is 2.33 bits per heavy atom. The van der Waals surface area contributed by atoms with Crippen LogP contribution in [0.15, 0.2) is 18.2 Å². The van der Waals surface area contributed by atoms with Crippen LogP contribution in [0.1, 0.15) is 0 Å². The van der Waals surface area contributed by atoms with Gasteiger partial charge in [-0.1, -0.05) is 0 Å². The molecule has 1 heterocycles. The summed E-state index contributed by atoms with van der Waals surface area (Å²) in [4.78, 5) is 24.1. The highest BCUT2D eigenvalue weighted by Gasteiger charge is 2.26. The topological polar surface area (TPSA) is 65.1 Å². The van der Waals surface area contributed by atoms with Crippen LogP contribution in [0.2, 0.25) is 0 Å². The third kappa shape index (κ3) is 2.37. The van der Waals surface area contributed by atoms with Crippen molar-refractivity contribution in [3.05, 3.63) is 18.2 Å². The molecule has 0 N–H and O–H groups in total. The van der Waals surface area contributed by atoms with Crippen LogP contribution in [0.25, 0.3) is 0 Å². The molecular formula is C12H13NO5. The van der Waals surface area contributed by atoms with Crippen LogP contribution in [0.4, 0.5) is 5.69 Å². The molecular weight excluding hydrogens is 238 g/mol. The van der Waals surface area contributed by atoms with Crippen molar-refractivity contribution in [1.82, 2.24) is 0 Å². The molecule has 0 atom stereocenters. The Morgan fingerprint density at radius 1 is 1.11 bits per heavy atom. The molecule has 0 spiro atoms. The second-order valence-corrected chi connectivity index (χ2v) is 3.74. The minimum Gasteiger partial charge on any atom is -0.497 e. The number of morpholine rings is 1. The van der Waals surface area contributed by atoms with Crippen LogP contribution in [0.5, 0.6) is 11.5 Å². The lowest BCUT2D eigenvalue weighted by Gasteiger charge is -2.27. The average molecular weight is 251 g/mol. The number of rotatable bonds is 3. The number of hydrogen-bond acceptors (Lipinski definition) is 6. The first-order valence-electron chi connectivity index (χ1n) is 5.34. The normalized spacial score (nSPS) is 15.3. The van der Waals surface area contributed by atoms with Gasteiger partial charge in [0.15, 0.2) is 0 Å². The van der Waals surface area contributed by atoms with Gasteiger partial charge in [-0.15, -0.1) is 0 Å². The van der Waals surface area contributed by atoms with Crippen molar-refractivity contribution in [3.8, 4) is 11.5 Å². The number of ether oxygens (including phenoxy) is 3. The van der Waals surface area contributed by atoms with Gasteiger partial charge in [0.2, 0.25) is 0 Å². The molecule has 0 aromatic heterocycles. The minimum absolute atomic E-state index is 0.0223. The molecule has 6 nitrogen and oxygen atoms in total. The molecule has 1 aromatic carbocycles. The van der Waals surface area contributed by atoms with E-state index < -0.39 is 11.9 Å². The minimum atomic E-state index is -0.566. The van der Waals surface area contributed by atoms with E-state index in [1.54, 1.807) is 30.2 Å². The van der Waals surface area contributed by atoms with E-state index in [4.69, 9.17) is 9.47 Å². The maximum atomic E-state index is 11.2. The van der Waals surface area contributed by atoms with E-state index in [2.05, 4.69) is 4.74 Å². The van der Waals surface area contributed by atoms with Crippen LogP contribution in [0.3, 0.4) is 0 Å². The quantitative estimate of drug-likeness (QED) is 0.579. The second kappa shape index (κ2) is 4.95. The van der Waals surface area contributed by atoms with Crippen LogP contribution in [-0.4, -0.2) is 39.2 Å². The lowest BCUT2D eigenvalue weighted by molar-refractivity contribution is -0.160. The van der Waals surface area contributed by atoms with Gasteiger partial charge in [-0.2, -0.15) is 0 Å². The first-order valence-corrected chi connectivity index (χ1v) is 5.34. The van der Waals surface area contributed by atoms with E-state index in [-0.39, 0.29) is 13.1 Å². The second-order valence-electron chi connectivity index (χ2n) is 3.74. The molecule has 1 aromatic rings. The Morgan fingerprint density at radius 2 is 1.78 bits per heavy atom. The van der Waals surface area contributed by atoms with E-state index in [9.17, 15) is 9.59 Å². The van der Waals surface area contributed by atoms with Gasteiger partial charge in [0.25, 0.3) is 0 Å². The Hall–Kier alpha value is -2.24. The van der Waals surface area contributed by atoms with Gasteiger partial charge in [0.1, 0.15) is 24.6 Å². The maximum Gasteiger partial charge on any atom is 0.333 e. The maximum absolute atomic E-state index is 11.2. The lowest BCUT2D eigenvalue weighted by atomic mass is 10.2. The Kier molecular flexibility index (Phi) is 3.36. The average Bonchev–Trinajstić information content (AvgIpc) is 2.36. The molecule has 1 fully saturated rings. The van der Waals surface area contributed by atoms with Crippen molar-refractivity contribution in [2.24, 2.45) is 0 Å². The summed E-state index contributed by atoms with van der Waals surface area (Å²) in [6, 6.07) is 5.17. The summed E-state index contributed by atoms with van der Waals surface area (Å²) in [5.74, 6) is 0.0478. The molecule has 18 heavy (non-hydrogen) atoms. The number of hydrogen-bond donors (Lipinski definition) is 0. The smallest absolute Gasteiger partial charge is 0.333 e. The zero-order chi connectivity index (χ0) is 13.1. The number of esters is 2. The highest BCUT2D eigenvalue weighted by molar-refractivity contribution is 5.94. The molecule has 0 saturated carbocycles. The number of cyclic esters (lactones) is 2. The molecule has 0 bridgehead atoms. The van der Waals surface area contributed by atoms with Crippen LogP contribution < -0.4 is 14.4 Å². The number of anilines is 1. The molecule has 1 aliphatic heterocycles. The molecule has 2 rings (SSSR count). The highest BCUT2D eigenvalue weighted by atomic mass is 16.6. The molecule has 1 aliphatic rings. The van der Waals surface area contributed by atoms with Gasteiger partial charge in [-0.3, -0.25) is 0 Å². The number of methoxy groups -OCH3 is 2. The van der Waals surface area contributed by atoms with Gasteiger partial charge < -0.3 is 19.1 Å². The standard InChI is InChI=1S/C12H13NO5/c1-16-8-3-4-9(10(5-8)17-2)13-6-11(14)18-12(15)7-13/h3-5H,6-7H2,1-2H3. The SMILES string of the molecule is COc1ccc(N2CC(=O)OC(=O)C2)c(OC)c1. The molecule has 96 valence electrons. The highest BCUT2D eigenvalue weighted by Crippen LogP contribution is 2.32. The van der Waals surface area contributed by atoms with Crippen molar-refractivity contribution >= 4 is 17.6 Å². The molecule has 0 radical (unpaired) electrons. The molecule has 0 unspecified atom stereocenters. The van der Waals surface area contributed by atoms with Crippen molar-refractivity contribution < 1.29 is 23.8 Å². The van der Waals surface area contributed by atoms with Gasteiger partial charge in [-0.05, 0) is 12.1 Å². The van der Waals surface area contributed by atoms with E-state index >= 15 is 0 Å². The molecule has 0 aliphatic carbocycles. The summed E-state index contributed by atoms with van der Waals surface area (Å²) in [6.07, 6.45) is 0. The van der Waals surface area contributed by atoms with E-state index in [0.29, 0.717) is 17.2 Å². The third-order valence-electron chi connectivity index (χ3n) is 2.60. The van der Waals surface area contributed by atoms with Crippen LogP contribution in [-0.2, 0) is 14.3 Å². The Balaban J connectivity index is 2.32. The van der Waals surface area contributed by atoms with Crippen LogP contribution >= 0.6 is 0 Å². The zero-order valence-electron chi connectivity index (χ0n) is 10.1. The molecule has 1 saturated heterocycles. The first kappa shape index (κ1) is 12.2. The Bertz CT molecular complexity index is 469. The monoisotopic (exact) mass is 251 g/mol. The third-order valence-corrected chi connectivity index (χ3v) is 2.60. The van der Waals surface area contributed by atoms with Crippen molar-refractivity contribution in [2.45, 2.75) is 0 Å². The van der Waals surface area contributed by atoms with Gasteiger partial charge in [0.05, 0.1) is 19.9 Å². The van der Waals surface area contributed by atoms with Gasteiger partial charge in [0, 0.05) is 6.07 Å². The van der Waals surface area contributed by atoms with E-state index in [1.165, 1.54) is 7.11 Å². The summed E-state index contributed by atoms with van der Waals surface area (Å²) < 4.78 is 14.8. The summed E-state index contributed by atoms with van der Waals surface area (Å²) >= 11 is 0. The summed E-state index contributed by atoms with van der Waals surface area (Å²) in [7, 11) is 3.07. The number of carbonyl (C=O) groups is 2. The summed E-state index contributed by atoms with van der Waals surface area (Å²) in [5, 5.41) is 0. The summed E-state index contributed by atoms with van der Waals surface area (Å²) in [5.41, 5.74) is 0.656. The Labute approximate surface area is 104 Å². The lowest BCUT2D eigenvalue weighted by Crippen LogP contribution is -2.43. The fourth-order valence-electron chi connectivity index (χ4n) is 1.78. The summed E-state index contributed by atoms with van der Waals surface area (Å²) in [6.45, 7) is 0.0445. The van der Waals surface area contributed by atoms with Gasteiger partial charge >= 0.3 is 11.9 Å². The molecule has 6 heteroatoms. The fraction of sp³-hybridized carbons (Fsp3) is 0.333. The fourth-order valence-corrected chi connectivity index (χ4v) is 1.78. The first-order chi connectivity index (χ1) is 8.63. The zero-order valence-corrected chi connectivity index (χ0v) is 10.1. The van der Waals surface area contributed by atoms with Crippen molar-refractivity contribution in [3.63, 3.8) is 0 Å². The molecule has 0 amide bonds. The van der Waals surface area contributed by atoms with Gasteiger partial charge in [-0.25, -0.2) is 9.59 Å². The van der Waals surface area contributed by atoms with Crippen LogP contribution in [0, 0.1) is 0 Å². The largest absolute Gasteiger partial charge is 0.497 e. The predicted molar refractivity (Wildman–Crippen MR) is 62.9 cm³/mol. The van der Waals surface area contributed by atoms with E-state index in [0.717, 1.165) is 0 Å². The number of benzene rings is 1. The van der Waals surface area contributed by atoms with E-state index in [1.807, 2.05) is 0 Å². The van der Waals surface area contributed by atoms with Crippen molar-refractivity contribution in [1.29, 1.82) is 0 Å². The predicted octanol–water partition coefficient (Wildman–Crippen LogP) is 0.594.